The molecule has 1 saturated heterocycles. The van der Waals surface area contributed by atoms with Gasteiger partial charge >= 0.3 is 0 Å². The van der Waals surface area contributed by atoms with Gasteiger partial charge in [-0.25, -0.2) is 14.5 Å². The van der Waals surface area contributed by atoms with Crippen LogP contribution in [0.15, 0.2) is 36.9 Å². The van der Waals surface area contributed by atoms with Crippen molar-refractivity contribution >= 4 is 28.5 Å². The SMILES string of the molecule is CC(=O)N1CC2(CCC(Nc3ncc4c(-c5ccc6nccn6n5)c[nH]c4n3)CC2)C1. The van der Waals surface area contributed by atoms with Gasteiger partial charge in [0.1, 0.15) is 5.65 Å². The summed E-state index contributed by atoms with van der Waals surface area (Å²) in [6.07, 6.45) is 11.8. The number of aromatic nitrogens is 6. The third-order valence-corrected chi connectivity index (χ3v) is 6.84. The number of likely N-dealkylation sites (tertiary alicyclic amines) is 1. The van der Waals surface area contributed by atoms with Crippen molar-refractivity contribution in [2.45, 2.75) is 38.6 Å². The first-order chi connectivity index (χ1) is 15.1. The summed E-state index contributed by atoms with van der Waals surface area (Å²) in [5, 5.41) is 9.08. The summed E-state index contributed by atoms with van der Waals surface area (Å²) in [5.41, 5.74) is 3.77. The predicted molar refractivity (Wildman–Crippen MR) is 116 cm³/mol. The van der Waals surface area contributed by atoms with Crippen LogP contribution in [0.3, 0.4) is 0 Å². The highest BCUT2D eigenvalue weighted by molar-refractivity contribution is 5.92. The van der Waals surface area contributed by atoms with Crippen molar-refractivity contribution in [2.75, 3.05) is 18.4 Å². The highest BCUT2D eigenvalue weighted by atomic mass is 16.2. The predicted octanol–water partition coefficient (Wildman–Crippen LogP) is 2.87. The number of nitrogens with zero attached hydrogens (tertiary/aromatic N) is 6. The van der Waals surface area contributed by atoms with Crippen LogP contribution in [0.2, 0.25) is 0 Å². The fraction of sp³-hybridized carbons (Fsp3) is 0.409. The van der Waals surface area contributed by atoms with E-state index in [-0.39, 0.29) is 5.91 Å². The molecule has 2 N–H and O–H groups in total. The summed E-state index contributed by atoms with van der Waals surface area (Å²) in [4.78, 5) is 30.2. The van der Waals surface area contributed by atoms with Gasteiger partial charge in [-0.3, -0.25) is 4.79 Å². The molecule has 4 aromatic rings. The maximum absolute atomic E-state index is 11.5. The van der Waals surface area contributed by atoms with Crippen molar-refractivity contribution in [1.82, 2.24) is 34.4 Å². The number of carbonyl (C=O) groups is 1. The number of hydrogen-bond donors (Lipinski definition) is 2. The first-order valence-corrected chi connectivity index (χ1v) is 10.8. The minimum Gasteiger partial charge on any atom is -0.351 e. The molecule has 0 aromatic carbocycles. The van der Waals surface area contributed by atoms with Gasteiger partial charge < -0.3 is 15.2 Å². The van der Waals surface area contributed by atoms with Crippen LogP contribution < -0.4 is 5.32 Å². The van der Waals surface area contributed by atoms with Gasteiger partial charge in [-0.15, -0.1) is 0 Å². The van der Waals surface area contributed by atoms with Gasteiger partial charge in [0, 0.05) is 67.2 Å². The number of hydrogen-bond acceptors (Lipinski definition) is 6. The van der Waals surface area contributed by atoms with E-state index in [1.807, 2.05) is 35.6 Å². The first kappa shape index (κ1) is 18.3. The van der Waals surface area contributed by atoms with E-state index in [0.29, 0.717) is 17.4 Å². The lowest BCUT2D eigenvalue weighted by Gasteiger charge is -2.53. The number of fused-ring (bicyclic) bond motifs is 2. The molecule has 0 unspecified atom stereocenters. The Bertz CT molecular complexity index is 1280. The summed E-state index contributed by atoms with van der Waals surface area (Å²) >= 11 is 0. The standard InChI is InChI=1S/C22H24N8O/c1-14(31)29-12-22(13-29)6-4-15(5-7-22)26-21-25-11-17-16(10-24-20(17)27-21)18-2-3-19-23-8-9-30(19)28-18/h2-3,8-11,15H,4-7,12-13H2,1H3,(H2,24,25,26,27). The number of amides is 1. The Morgan fingerprint density at radius 2 is 2.06 bits per heavy atom. The number of rotatable bonds is 3. The number of nitrogens with one attached hydrogen (secondary N) is 2. The van der Waals surface area contributed by atoms with Crippen molar-refractivity contribution in [3.8, 4) is 11.3 Å². The summed E-state index contributed by atoms with van der Waals surface area (Å²) in [5.74, 6) is 0.844. The fourth-order valence-electron chi connectivity index (χ4n) is 5.01. The van der Waals surface area contributed by atoms with E-state index in [2.05, 4.69) is 25.4 Å². The van der Waals surface area contributed by atoms with Crippen LogP contribution >= 0.6 is 0 Å². The molecule has 5 heterocycles. The molecule has 1 aliphatic heterocycles. The van der Waals surface area contributed by atoms with Crippen LogP contribution in [0.4, 0.5) is 5.95 Å². The van der Waals surface area contributed by atoms with E-state index < -0.39 is 0 Å². The monoisotopic (exact) mass is 416 g/mol. The summed E-state index contributed by atoms with van der Waals surface area (Å²) in [7, 11) is 0. The average molecular weight is 416 g/mol. The normalized spacial score (nSPS) is 18.5. The molecule has 31 heavy (non-hydrogen) atoms. The smallest absolute Gasteiger partial charge is 0.224 e. The van der Waals surface area contributed by atoms with E-state index in [1.165, 1.54) is 0 Å². The molecule has 2 aliphatic rings. The maximum atomic E-state index is 11.5. The molecular weight excluding hydrogens is 392 g/mol. The van der Waals surface area contributed by atoms with Crippen LogP contribution in [-0.2, 0) is 4.79 Å². The van der Waals surface area contributed by atoms with Crippen molar-refractivity contribution in [3.05, 3.63) is 36.9 Å². The lowest BCUT2D eigenvalue weighted by atomic mass is 9.67. The second kappa shape index (κ2) is 6.76. The van der Waals surface area contributed by atoms with Crippen LogP contribution in [0.1, 0.15) is 32.6 Å². The summed E-state index contributed by atoms with van der Waals surface area (Å²) < 4.78 is 1.76. The van der Waals surface area contributed by atoms with Crippen molar-refractivity contribution in [1.29, 1.82) is 0 Å². The van der Waals surface area contributed by atoms with Gasteiger partial charge in [-0.1, -0.05) is 0 Å². The second-order valence-corrected chi connectivity index (χ2v) is 8.90. The van der Waals surface area contributed by atoms with Crippen molar-refractivity contribution < 1.29 is 4.79 Å². The fourth-order valence-corrected chi connectivity index (χ4v) is 5.01. The largest absolute Gasteiger partial charge is 0.351 e. The van der Waals surface area contributed by atoms with E-state index in [0.717, 1.165) is 66.7 Å². The van der Waals surface area contributed by atoms with Gasteiger partial charge in [0.05, 0.1) is 5.69 Å². The molecular formula is C22H24N8O. The summed E-state index contributed by atoms with van der Waals surface area (Å²) in [6, 6.07) is 4.28. The zero-order chi connectivity index (χ0) is 21.0. The Labute approximate surface area is 178 Å². The Balaban J connectivity index is 1.16. The maximum Gasteiger partial charge on any atom is 0.224 e. The molecule has 158 valence electrons. The van der Waals surface area contributed by atoms with Crippen molar-refractivity contribution in [3.63, 3.8) is 0 Å². The topological polar surface area (TPSA) is 104 Å². The van der Waals surface area contributed by atoms with Crippen LogP contribution in [-0.4, -0.2) is 59.5 Å². The lowest BCUT2D eigenvalue weighted by Crippen LogP contribution is -2.59. The van der Waals surface area contributed by atoms with Gasteiger partial charge in [-0.2, -0.15) is 10.1 Å². The number of carbonyl (C=O) groups excluding carboxylic acids is 1. The zero-order valence-electron chi connectivity index (χ0n) is 17.4. The number of imidazole rings is 1. The Morgan fingerprint density at radius 1 is 1.23 bits per heavy atom. The zero-order valence-corrected chi connectivity index (χ0v) is 17.4. The lowest BCUT2D eigenvalue weighted by molar-refractivity contribution is -0.143. The minimum atomic E-state index is 0.193. The Hall–Kier alpha value is -3.49. The number of aromatic amines is 1. The highest BCUT2D eigenvalue weighted by Gasteiger charge is 2.46. The number of H-pyrrole nitrogens is 1. The highest BCUT2D eigenvalue weighted by Crippen LogP contribution is 2.44. The summed E-state index contributed by atoms with van der Waals surface area (Å²) in [6.45, 7) is 3.50. The minimum absolute atomic E-state index is 0.193. The molecule has 1 amide bonds. The number of anilines is 1. The molecule has 6 rings (SSSR count). The quantitative estimate of drug-likeness (QED) is 0.532. The third kappa shape index (κ3) is 3.11. The first-order valence-electron chi connectivity index (χ1n) is 10.8. The van der Waals surface area contributed by atoms with E-state index >= 15 is 0 Å². The molecule has 0 radical (unpaired) electrons. The molecule has 4 aromatic heterocycles. The van der Waals surface area contributed by atoms with E-state index in [9.17, 15) is 4.79 Å². The van der Waals surface area contributed by atoms with Crippen LogP contribution in [0.5, 0.6) is 0 Å². The van der Waals surface area contributed by atoms with Crippen molar-refractivity contribution in [2.24, 2.45) is 5.41 Å². The molecule has 0 atom stereocenters. The molecule has 1 saturated carbocycles. The van der Waals surface area contributed by atoms with Gasteiger partial charge in [0.2, 0.25) is 11.9 Å². The van der Waals surface area contributed by atoms with Gasteiger partial charge in [-0.05, 0) is 37.8 Å². The Morgan fingerprint density at radius 3 is 2.87 bits per heavy atom. The molecule has 9 nitrogen and oxygen atoms in total. The molecule has 9 heteroatoms. The average Bonchev–Trinajstić information content (AvgIpc) is 3.38. The third-order valence-electron chi connectivity index (χ3n) is 6.84. The second-order valence-electron chi connectivity index (χ2n) is 8.90. The molecule has 2 fully saturated rings. The van der Waals surface area contributed by atoms with E-state index in [1.54, 1.807) is 17.6 Å². The van der Waals surface area contributed by atoms with E-state index in [4.69, 9.17) is 4.98 Å². The van der Waals surface area contributed by atoms with Gasteiger partial charge in [0.25, 0.3) is 0 Å². The van der Waals surface area contributed by atoms with Gasteiger partial charge in [0.15, 0.2) is 5.65 Å². The molecule has 1 aliphatic carbocycles. The molecule has 0 bridgehead atoms. The molecule has 1 spiro atoms. The van der Waals surface area contributed by atoms with Crippen LogP contribution in [0.25, 0.3) is 27.9 Å². The Kier molecular flexibility index (Phi) is 3.99. The van der Waals surface area contributed by atoms with Crippen LogP contribution in [0, 0.1) is 5.41 Å².